The van der Waals surface area contributed by atoms with E-state index in [0.717, 1.165) is 89.9 Å². The second-order valence-electron chi connectivity index (χ2n) is 17.4. The number of phosphoric acid groups is 1. The molecule has 0 aromatic heterocycles. The van der Waals surface area contributed by atoms with Gasteiger partial charge in [0.05, 0.1) is 27.7 Å². The van der Waals surface area contributed by atoms with Gasteiger partial charge in [-0.25, -0.2) is 0 Å². The number of unbranched alkanes of at least 4 members (excludes halogenated alkanes) is 20. The molecule has 0 heterocycles. The van der Waals surface area contributed by atoms with Crippen LogP contribution in [-0.2, 0) is 32.7 Å². The first kappa shape index (κ1) is 58.7. The molecule has 2 atom stereocenters. The molecule has 0 rings (SSSR count). The number of likely N-dealkylation sites (N-methyl/N-ethyl adjacent to an activating group) is 1. The number of nitrogens with zero attached hydrogens (tertiary/aromatic N) is 1. The molecule has 0 saturated heterocycles. The normalized spacial score (nSPS) is 14.0. The minimum atomic E-state index is -4.63. The van der Waals surface area contributed by atoms with Crippen LogP contribution in [0.15, 0.2) is 60.8 Å². The number of hydrogen-bond donors (Lipinski definition) is 0. The van der Waals surface area contributed by atoms with Crippen molar-refractivity contribution < 1.29 is 42.1 Å². The number of ether oxygens (including phenoxy) is 2. The lowest BCUT2D eigenvalue weighted by Gasteiger charge is -2.28. The van der Waals surface area contributed by atoms with E-state index in [9.17, 15) is 19.0 Å². The van der Waals surface area contributed by atoms with Crippen LogP contribution < -0.4 is 4.89 Å². The maximum absolute atomic E-state index is 12.7. The zero-order chi connectivity index (χ0) is 45.0. The van der Waals surface area contributed by atoms with Gasteiger partial charge in [-0.2, -0.15) is 0 Å². The second-order valence-corrected chi connectivity index (χ2v) is 18.9. The van der Waals surface area contributed by atoms with Crippen molar-refractivity contribution in [3.05, 3.63) is 60.8 Å². The summed E-state index contributed by atoms with van der Waals surface area (Å²) in [6.45, 7) is 4.10. The number of rotatable bonds is 44. The van der Waals surface area contributed by atoms with E-state index < -0.39 is 32.5 Å². The minimum absolute atomic E-state index is 0.0360. The Balaban J connectivity index is 4.31. The Bertz CT molecular complexity index is 1220. The smallest absolute Gasteiger partial charge is 0.306 e. The molecule has 0 aliphatic rings. The van der Waals surface area contributed by atoms with Crippen molar-refractivity contribution in [2.45, 2.75) is 206 Å². The Morgan fingerprint density at radius 2 is 0.934 bits per heavy atom. The molecule has 0 aliphatic carbocycles. The summed E-state index contributed by atoms with van der Waals surface area (Å²) in [6, 6.07) is 0. The number of quaternary nitrogens is 1. The first-order valence-electron chi connectivity index (χ1n) is 24.5. The predicted molar refractivity (Wildman–Crippen MR) is 254 cm³/mol. The van der Waals surface area contributed by atoms with Crippen LogP contribution in [0.25, 0.3) is 0 Å². The molecule has 0 saturated carbocycles. The van der Waals surface area contributed by atoms with E-state index in [1.54, 1.807) is 0 Å². The van der Waals surface area contributed by atoms with Crippen LogP contribution in [0.2, 0.25) is 0 Å². The van der Waals surface area contributed by atoms with Gasteiger partial charge in [-0.15, -0.1) is 0 Å². The largest absolute Gasteiger partial charge is 0.756 e. The van der Waals surface area contributed by atoms with Crippen molar-refractivity contribution >= 4 is 19.8 Å². The van der Waals surface area contributed by atoms with Gasteiger partial charge < -0.3 is 27.9 Å². The van der Waals surface area contributed by atoms with Crippen molar-refractivity contribution in [3.8, 4) is 0 Å². The van der Waals surface area contributed by atoms with Crippen molar-refractivity contribution in [1.29, 1.82) is 0 Å². The van der Waals surface area contributed by atoms with Crippen LogP contribution in [0.1, 0.15) is 200 Å². The Hall–Kier alpha value is -2.29. The number of carbonyl (C=O) groups is 2. The van der Waals surface area contributed by atoms with Gasteiger partial charge in [0.2, 0.25) is 0 Å². The summed E-state index contributed by atoms with van der Waals surface area (Å²) < 4.78 is 34.0. The lowest BCUT2D eigenvalue weighted by molar-refractivity contribution is -0.870. The van der Waals surface area contributed by atoms with E-state index in [2.05, 4.69) is 74.6 Å². The molecule has 0 fully saturated rings. The van der Waals surface area contributed by atoms with Gasteiger partial charge in [0.25, 0.3) is 7.82 Å². The zero-order valence-corrected chi connectivity index (χ0v) is 40.7. The van der Waals surface area contributed by atoms with Crippen LogP contribution in [0.3, 0.4) is 0 Å². The van der Waals surface area contributed by atoms with E-state index in [0.29, 0.717) is 17.4 Å². The molecule has 0 aromatic carbocycles. The molecule has 2 unspecified atom stereocenters. The molecule has 61 heavy (non-hydrogen) atoms. The minimum Gasteiger partial charge on any atom is -0.756 e. The molecule has 0 bridgehead atoms. The molecule has 0 amide bonds. The average Bonchev–Trinajstić information content (AvgIpc) is 3.21. The number of esters is 2. The van der Waals surface area contributed by atoms with E-state index in [-0.39, 0.29) is 26.1 Å². The summed E-state index contributed by atoms with van der Waals surface area (Å²) in [5.41, 5.74) is 0. The van der Waals surface area contributed by atoms with Gasteiger partial charge >= 0.3 is 11.9 Å². The number of carbonyl (C=O) groups excluding carboxylic acids is 2. The summed E-state index contributed by atoms with van der Waals surface area (Å²) in [7, 11) is 1.15. The van der Waals surface area contributed by atoms with Gasteiger partial charge in [0.15, 0.2) is 6.10 Å². The summed E-state index contributed by atoms with van der Waals surface area (Å²) in [4.78, 5) is 37.7. The molecule has 0 spiro atoms. The van der Waals surface area contributed by atoms with E-state index in [4.69, 9.17) is 18.5 Å². The predicted octanol–water partition coefficient (Wildman–Crippen LogP) is 13.8. The third-order valence-corrected chi connectivity index (χ3v) is 11.2. The van der Waals surface area contributed by atoms with Gasteiger partial charge in [0.1, 0.15) is 19.8 Å². The molecular weight excluding hydrogens is 786 g/mol. The van der Waals surface area contributed by atoms with E-state index >= 15 is 0 Å². The Labute approximate surface area is 375 Å². The Kier molecular flexibility index (Phi) is 41.4. The first-order valence-corrected chi connectivity index (χ1v) is 26.0. The third-order valence-electron chi connectivity index (χ3n) is 10.3. The van der Waals surface area contributed by atoms with E-state index in [1.807, 2.05) is 21.1 Å². The molecule has 10 heteroatoms. The van der Waals surface area contributed by atoms with Crippen molar-refractivity contribution in [2.24, 2.45) is 0 Å². The first-order chi connectivity index (χ1) is 29.5. The molecule has 354 valence electrons. The SMILES string of the molecule is CC/C=C\C/C=C\C/C=C\C/C=C\CCCCCCCCCCC(=O)OC(COC(=O)CCCCCCC/C=C\CCCCCCCCC)COP(=O)([O-])OCC[N+](C)(C)C. The molecule has 0 N–H and O–H groups in total. The topological polar surface area (TPSA) is 111 Å². The summed E-state index contributed by atoms with van der Waals surface area (Å²) in [5, 5.41) is 0. The Morgan fingerprint density at radius 1 is 0.525 bits per heavy atom. The lowest BCUT2D eigenvalue weighted by Crippen LogP contribution is -2.37. The lowest BCUT2D eigenvalue weighted by atomic mass is 10.1. The molecule has 0 aromatic rings. The van der Waals surface area contributed by atoms with Gasteiger partial charge in [-0.1, -0.05) is 171 Å². The van der Waals surface area contributed by atoms with E-state index in [1.165, 1.54) is 77.0 Å². The standard InChI is InChI=1S/C51H92NO8P/c1-6-8-10-12-14-16-18-20-22-24-25-26-27-28-30-32-34-36-38-40-42-44-51(54)60-49(48-59-61(55,56)58-46-45-52(3,4)5)47-57-50(53)43-41-39-37-35-33-31-29-23-21-19-17-15-13-11-9-7-2/h8,10,14,16,20,22-23,25-26,29,49H,6-7,9,11-13,15,17-19,21,24,27-28,30-48H2,1-5H3/b10-8-,16-14-,22-20-,26-25-,29-23-. The maximum atomic E-state index is 12.7. The third kappa shape index (κ3) is 47.0. The van der Waals surface area contributed by atoms with Crippen molar-refractivity contribution in [3.63, 3.8) is 0 Å². The van der Waals surface area contributed by atoms with Crippen LogP contribution in [0.4, 0.5) is 0 Å². The highest BCUT2D eigenvalue weighted by atomic mass is 31.2. The van der Waals surface area contributed by atoms with Crippen molar-refractivity contribution in [1.82, 2.24) is 0 Å². The van der Waals surface area contributed by atoms with Gasteiger partial charge in [-0.05, 0) is 77.0 Å². The highest BCUT2D eigenvalue weighted by Crippen LogP contribution is 2.38. The summed E-state index contributed by atoms with van der Waals surface area (Å²) in [5.74, 6) is -0.853. The van der Waals surface area contributed by atoms with Gasteiger partial charge in [0, 0.05) is 12.8 Å². The molecule has 0 aliphatic heterocycles. The highest BCUT2D eigenvalue weighted by Gasteiger charge is 2.21. The average molecular weight is 878 g/mol. The fourth-order valence-corrected chi connectivity index (χ4v) is 7.19. The number of hydrogen-bond acceptors (Lipinski definition) is 8. The second kappa shape index (κ2) is 43.0. The fraction of sp³-hybridized carbons (Fsp3) is 0.765. The number of allylic oxidation sites excluding steroid dienone is 10. The van der Waals surface area contributed by atoms with Crippen LogP contribution in [0.5, 0.6) is 0 Å². The van der Waals surface area contributed by atoms with Crippen LogP contribution >= 0.6 is 7.82 Å². The molecule has 0 radical (unpaired) electrons. The molecular formula is C51H92NO8P. The van der Waals surface area contributed by atoms with Crippen LogP contribution in [0, 0.1) is 0 Å². The monoisotopic (exact) mass is 878 g/mol. The highest BCUT2D eigenvalue weighted by molar-refractivity contribution is 7.45. The quantitative estimate of drug-likeness (QED) is 0.0196. The van der Waals surface area contributed by atoms with Crippen LogP contribution in [-0.4, -0.2) is 70.0 Å². The number of phosphoric ester groups is 1. The maximum Gasteiger partial charge on any atom is 0.306 e. The van der Waals surface area contributed by atoms with Crippen molar-refractivity contribution in [2.75, 3.05) is 47.5 Å². The Morgan fingerprint density at radius 3 is 1.41 bits per heavy atom. The van der Waals surface area contributed by atoms with Gasteiger partial charge in [-0.3, -0.25) is 14.2 Å². The zero-order valence-electron chi connectivity index (χ0n) is 39.8. The fourth-order valence-electron chi connectivity index (χ4n) is 6.46. The summed E-state index contributed by atoms with van der Waals surface area (Å²) >= 11 is 0. The molecule has 9 nitrogen and oxygen atoms in total. The summed E-state index contributed by atoms with van der Waals surface area (Å²) in [6.07, 6.45) is 52.4.